The lowest BCUT2D eigenvalue weighted by molar-refractivity contribution is -0.120. The van der Waals surface area contributed by atoms with Gasteiger partial charge in [0.1, 0.15) is 6.33 Å². The summed E-state index contributed by atoms with van der Waals surface area (Å²) in [6, 6.07) is 13.2. The van der Waals surface area contributed by atoms with Crippen LogP contribution in [0.2, 0.25) is 5.02 Å². The van der Waals surface area contributed by atoms with Gasteiger partial charge in [-0.3, -0.25) is 4.79 Å². The molecule has 2 aromatic carbocycles. The summed E-state index contributed by atoms with van der Waals surface area (Å²) >= 11 is 5.94. The smallest absolute Gasteiger partial charge is 0.239 e. The Bertz CT molecular complexity index is 895. The third-order valence-corrected chi connectivity index (χ3v) is 4.61. The lowest BCUT2D eigenvalue weighted by Gasteiger charge is -2.18. The van der Waals surface area contributed by atoms with Crippen molar-refractivity contribution >= 4 is 23.2 Å². The second-order valence-electron chi connectivity index (χ2n) is 6.14. The molecule has 1 atom stereocenters. The van der Waals surface area contributed by atoms with E-state index in [-0.39, 0.29) is 18.5 Å². The van der Waals surface area contributed by atoms with E-state index in [0.29, 0.717) is 5.02 Å². The molecule has 1 aromatic heterocycles. The zero-order chi connectivity index (χ0) is 19.2. The molecule has 0 aliphatic rings. The molecule has 1 heterocycles. The van der Waals surface area contributed by atoms with E-state index in [9.17, 15) is 4.79 Å². The van der Waals surface area contributed by atoms with Crippen LogP contribution in [-0.4, -0.2) is 32.7 Å². The Hall–Kier alpha value is -2.93. The maximum atomic E-state index is 12.4. The number of hydrogen-bond acceptors (Lipinski definition) is 5. The average molecular weight is 385 g/mol. The summed E-state index contributed by atoms with van der Waals surface area (Å²) in [7, 11) is 0. The Morgan fingerprint density at radius 1 is 1.22 bits per heavy atom. The molecule has 3 aromatic rings. The van der Waals surface area contributed by atoms with Crippen molar-refractivity contribution in [2.45, 2.75) is 26.3 Å². The molecular formula is C19H21ClN6O. The van der Waals surface area contributed by atoms with Gasteiger partial charge in [0.2, 0.25) is 5.91 Å². The zero-order valence-electron chi connectivity index (χ0n) is 15.2. The molecule has 1 amide bonds. The van der Waals surface area contributed by atoms with Gasteiger partial charge in [-0.05, 0) is 59.2 Å². The van der Waals surface area contributed by atoms with Crippen LogP contribution in [0, 0.1) is 6.92 Å². The predicted molar refractivity (Wildman–Crippen MR) is 105 cm³/mol. The molecule has 0 radical (unpaired) electrons. The van der Waals surface area contributed by atoms with Crippen LogP contribution in [0.1, 0.15) is 30.5 Å². The highest BCUT2D eigenvalue weighted by Gasteiger charge is 2.13. The zero-order valence-corrected chi connectivity index (χ0v) is 15.9. The minimum absolute atomic E-state index is 0.0507. The number of nitrogens with zero attached hydrogens (tertiary/aromatic N) is 4. The minimum Gasteiger partial charge on any atom is -0.376 e. The number of aromatic nitrogens is 4. The average Bonchev–Trinajstić information content (AvgIpc) is 3.20. The van der Waals surface area contributed by atoms with E-state index in [1.165, 1.54) is 6.33 Å². The Kier molecular flexibility index (Phi) is 6.03. The van der Waals surface area contributed by atoms with E-state index < -0.39 is 0 Å². The number of carbonyl (C=O) groups is 1. The lowest BCUT2D eigenvalue weighted by atomic mass is 10.0. The Morgan fingerprint density at radius 2 is 2.00 bits per heavy atom. The van der Waals surface area contributed by atoms with E-state index in [4.69, 9.17) is 11.6 Å². The number of tetrazole rings is 1. The molecule has 0 spiro atoms. The normalized spacial score (nSPS) is 11.8. The molecule has 27 heavy (non-hydrogen) atoms. The third kappa shape index (κ3) is 4.62. The van der Waals surface area contributed by atoms with Gasteiger partial charge < -0.3 is 10.6 Å². The highest BCUT2D eigenvalue weighted by molar-refractivity contribution is 6.30. The number of nitrogens with one attached hydrogen (secondary N) is 2. The van der Waals surface area contributed by atoms with Gasteiger partial charge in [0.05, 0.1) is 18.3 Å². The summed E-state index contributed by atoms with van der Waals surface area (Å²) in [6.07, 6.45) is 2.33. The van der Waals surface area contributed by atoms with Crippen LogP contribution in [0.4, 0.5) is 5.69 Å². The third-order valence-electron chi connectivity index (χ3n) is 4.36. The van der Waals surface area contributed by atoms with Crippen molar-refractivity contribution in [3.63, 3.8) is 0 Å². The number of amides is 1. The van der Waals surface area contributed by atoms with E-state index >= 15 is 0 Å². The number of anilines is 1. The summed E-state index contributed by atoms with van der Waals surface area (Å²) in [4.78, 5) is 12.4. The largest absolute Gasteiger partial charge is 0.376 e. The minimum atomic E-state index is -0.0796. The van der Waals surface area contributed by atoms with Crippen molar-refractivity contribution in [2.75, 3.05) is 11.9 Å². The van der Waals surface area contributed by atoms with Crippen molar-refractivity contribution in [2.24, 2.45) is 0 Å². The Labute approximate surface area is 162 Å². The van der Waals surface area contributed by atoms with Gasteiger partial charge in [-0.2, -0.15) is 0 Å². The molecule has 8 heteroatoms. The SMILES string of the molecule is CCC(NC(=O)CNc1cccc(-n2cnnn2)c1C)c1ccc(Cl)cc1. The first-order valence-electron chi connectivity index (χ1n) is 8.70. The molecule has 0 saturated heterocycles. The van der Waals surface area contributed by atoms with Crippen LogP contribution in [0.25, 0.3) is 5.69 Å². The van der Waals surface area contributed by atoms with Gasteiger partial charge in [-0.15, -0.1) is 5.10 Å². The fraction of sp³-hybridized carbons (Fsp3) is 0.263. The lowest BCUT2D eigenvalue weighted by Crippen LogP contribution is -2.33. The molecule has 140 valence electrons. The van der Waals surface area contributed by atoms with Gasteiger partial charge in [0.25, 0.3) is 0 Å². The van der Waals surface area contributed by atoms with Crippen LogP contribution in [-0.2, 0) is 4.79 Å². The summed E-state index contributed by atoms with van der Waals surface area (Å²) < 4.78 is 1.59. The Balaban J connectivity index is 1.63. The predicted octanol–water partition coefficient (Wildman–Crippen LogP) is 3.30. The van der Waals surface area contributed by atoms with Crippen molar-refractivity contribution < 1.29 is 4.79 Å². The highest BCUT2D eigenvalue weighted by atomic mass is 35.5. The highest BCUT2D eigenvalue weighted by Crippen LogP contribution is 2.22. The van der Waals surface area contributed by atoms with Crippen LogP contribution in [0.5, 0.6) is 0 Å². The van der Waals surface area contributed by atoms with E-state index in [0.717, 1.165) is 28.9 Å². The van der Waals surface area contributed by atoms with Crippen LogP contribution in [0.3, 0.4) is 0 Å². The number of benzene rings is 2. The first-order valence-corrected chi connectivity index (χ1v) is 9.08. The van der Waals surface area contributed by atoms with Crippen LogP contribution < -0.4 is 10.6 Å². The number of halogens is 1. The summed E-state index contributed by atoms with van der Waals surface area (Å²) in [5.41, 5.74) is 3.71. The molecule has 3 rings (SSSR count). The van der Waals surface area contributed by atoms with E-state index in [1.807, 2.05) is 56.3 Å². The molecule has 0 aliphatic carbocycles. The monoisotopic (exact) mass is 384 g/mol. The second-order valence-corrected chi connectivity index (χ2v) is 6.57. The Morgan fingerprint density at radius 3 is 2.67 bits per heavy atom. The van der Waals surface area contributed by atoms with E-state index in [2.05, 4.69) is 26.2 Å². The quantitative estimate of drug-likeness (QED) is 0.652. The molecule has 7 nitrogen and oxygen atoms in total. The summed E-state index contributed by atoms with van der Waals surface area (Å²) in [5.74, 6) is -0.0796. The fourth-order valence-electron chi connectivity index (χ4n) is 2.87. The second kappa shape index (κ2) is 8.64. The van der Waals surface area contributed by atoms with Gasteiger partial charge in [-0.25, -0.2) is 4.68 Å². The molecule has 2 N–H and O–H groups in total. The number of hydrogen-bond donors (Lipinski definition) is 2. The first-order chi connectivity index (χ1) is 13.1. The molecule has 0 fully saturated rings. The summed E-state index contributed by atoms with van der Waals surface area (Å²) in [5, 5.41) is 18.2. The maximum Gasteiger partial charge on any atom is 0.239 e. The van der Waals surface area contributed by atoms with E-state index in [1.54, 1.807) is 4.68 Å². The molecule has 0 saturated carbocycles. The van der Waals surface area contributed by atoms with Crippen molar-refractivity contribution in [1.29, 1.82) is 0 Å². The molecular weight excluding hydrogens is 364 g/mol. The maximum absolute atomic E-state index is 12.4. The van der Waals surface area contributed by atoms with Crippen molar-refractivity contribution in [3.05, 3.63) is 64.9 Å². The van der Waals surface area contributed by atoms with Crippen LogP contribution in [0.15, 0.2) is 48.8 Å². The molecule has 0 bridgehead atoms. The standard InChI is InChI=1S/C19H21ClN6O/c1-3-16(14-7-9-15(20)10-8-14)23-19(27)11-21-17-5-4-6-18(13(17)2)26-12-22-24-25-26/h4-10,12,16,21H,3,11H2,1-2H3,(H,23,27). The fourth-order valence-corrected chi connectivity index (χ4v) is 3.00. The van der Waals surface area contributed by atoms with Crippen LogP contribution >= 0.6 is 11.6 Å². The van der Waals surface area contributed by atoms with Crippen molar-refractivity contribution in [3.8, 4) is 5.69 Å². The van der Waals surface area contributed by atoms with Gasteiger partial charge >= 0.3 is 0 Å². The van der Waals surface area contributed by atoms with Crippen molar-refractivity contribution in [1.82, 2.24) is 25.5 Å². The van der Waals surface area contributed by atoms with Gasteiger partial charge in [-0.1, -0.05) is 36.7 Å². The van der Waals surface area contributed by atoms with Gasteiger partial charge in [0, 0.05) is 10.7 Å². The first kappa shape index (κ1) is 18.8. The number of carbonyl (C=O) groups excluding carboxylic acids is 1. The topological polar surface area (TPSA) is 84.7 Å². The summed E-state index contributed by atoms with van der Waals surface area (Å²) in [6.45, 7) is 4.16. The van der Waals surface area contributed by atoms with Gasteiger partial charge in [0.15, 0.2) is 0 Å². The molecule has 1 unspecified atom stereocenters. The number of rotatable bonds is 7. The molecule has 0 aliphatic heterocycles.